The van der Waals surface area contributed by atoms with Crippen LogP contribution in [0.5, 0.6) is 23.0 Å². The molecule has 0 radical (unpaired) electrons. The third-order valence-corrected chi connectivity index (χ3v) is 2.73. The fourth-order valence-corrected chi connectivity index (χ4v) is 1.64. The highest BCUT2D eigenvalue weighted by atomic mass is 16.5. The second-order valence-corrected chi connectivity index (χ2v) is 3.96. The zero-order valence-electron chi connectivity index (χ0n) is 10.9. The molecule has 4 heteroatoms. The molecule has 0 atom stereocenters. The zero-order valence-corrected chi connectivity index (χ0v) is 10.9. The predicted octanol–water partition coefficient (Wildman–Crippen LogP) is 2.99. The average molecular weight is 260 g/mol. The van der Waals surface area contributed by atoms with Crippen LogP contribution in [-0.2, 0) is 6.61 Å². The van der Waals surface area contributed by atoms with Gasteiger partial charge in [-0.2, -0.15) is 0 Å². The largest absolute Gasteiger partial charge is 0.507 e. The van der Waals surface area contributed by atoms with E-state index < -0.39 is 0 Å². The van der Waals surface area contributed by atoms with Gasteiger partial charge in [-0.25, -0.2) is 0 Å². The molecule has 100 valence electrons. The van der Waals surface area contributed by atoms with E-state index in [0.717, 1.165) is 5.75 Å². The van der Waals surface area contributed by atoms with E-state index in [1.807, 2.05) is 18.2 Å². The Hall–Kier alpha value is -2.36. The van der Waals surface area contributed by atoms with Crippen LogP contribution in [-0.4, -0.2) is 19.3 Å². The van der Waals surface area contributed by atoms with E-state index in [4.69, 9.17) is 14.2 Å². The Morgan fingerprint density at radius 2 is 1.58 bits per heavy atom. The van der Waals surface area contributed by atoms with Crippen LogP contribution in [0.3, 0.4) is 0 Å². The average Bonchev–Trinajstić information content (AvgIpc) is 2.46. The Kier molecular flexibility index (Phi) is 4.13. The molecule has 2 rings (SSSR count). The van der Waals surface area contributed by atoms with E-state index in [2.05, 4.69) is 0 Å². The Bertz CT molecular complexity index is 552. The molecule has 0 saturated carbocycles. The van der Waals surface area contributed by atoms with Crippen LogP contribution in [0.4, 0.5) is 0 Å². The quantitative estimate of drug-likeness (QED) is 0.897. The first-order chi connectivity index (χ1) is 9.22. The summed E-state index contributed by atoms with van der Waals surface area (Å²) in [6.07, 6.45) is 0. The molecule has 4 nitrogen and oxygen atoms in total. The lowest BCUT2D eigenvalue weighted by molar-refractivity contribution is 0.296. The summed E-state index contributed by atoms with van der Waals surface area (Å²) in [5.41, 5.74) is 0.698. The van der Waals surface area contributed by atoms with Gasteiger partial charge in [0.1, 0.15) is 29.6 Å². The molecule has 0 heterocycles. The van der Waals surface area contributed by atoms with Crippen molar-refractivity contribution in [1.82, 2.24) is 0 Å². The van der Waals surface area contributed by atoms with E-state index in [-0.39, 0.29) is 12.4 Å². The maximum atomic E-state index is 9.82. The van der Waals surface area contributed by atoms with Crippen LogP contribution < -0.4 is 14.2 Å². The third kappa shape index (κ3) is 3.31. The lowest BCUT2D eigenvalue weighted by Crippen LogP contribution is -1.96. The number of phenols is 1. The Morgan fingerprint density at radius 1 is 0.895 bits per heavy atom. The van der Waals surface area contributed by atoms with E-state index in [1.165, 1.54) is 0 Å². The molecule has 0 saturated heterocycles. The molecule has 0 aliphatic heterocycles. The van der Waals surface area contributed by atoms with Gasteiger partial charge in [0.2, 0.25) is 0 Å². The summed E-state index contributed by atoms with van der Waals surface area (Å²) in [5.74, 6) is 2.19. The van der Waals surface area contributed by atoms with Crippen LogP contribution >= 0.6 is 0 Å². The van der Waals surface area contributed by atoms with Gasteiger partial charge in [-0.1, -0.05) is 6.07 Å². The molecule has 2 aromatic carbocycles. The summed E-state index contributed by atoms with van der Waals surface area (Å²) in [7, 11) is 3.16. The number of hydrogen-bond donors (Lipinski definition) is 1. The van der Waals surface area contributed by atoms with Crippen molar-refractivity contribution >= 4 is 0 Å². The fourth-order valence-electron chi connectivity index (χ4n) is 1.64. The summed E-state index contributed by atoms with van der Waals surface area (Å²) in [5, 5.41) is 9.82. The number of methoxy groups -OCH3 is 2. The van der Waals surface area contributed by atoms with Crippen molar-refractivity contribution < 1.29 is 19.3 Å². The molecule has 0 aliphatic rings. The summed E-state index contributed by atoms with van der Waals surface area (Å²) in [4.78, 5) is 0. The SMILES string of the molecule is COc1cccc(OCc2ccc(OC)cc2O)c1. The molecule has 1 N–H and O–H groups in total. The highest BCUT2D eigenvalue weighted by Gasteiger charge is 2.04. The topological polar surface area (TPSA) is 47.9 Å². The zero-order chi connectivity index (χ0) is 13.7. The summed E-state index contributed by atoms with van der Waals surface area (Å²) >= 11 is 0. The molecule has 0 unspecified atom stereocenters. The van der Waals surface area contributed by atoms with E-state index >= 15 is 0 Å². The van der Waals surface area contributed by atoms with Crippen molar-refractivity contribution in [2.75, 3.05) is 14.2 Å². The van der Waals surface area contributed by atoms with Crippen LogP contribution in [0.2, 0.25) is 0 Å². The Morgan fingerprint density at radius 3 is 2.26 bits per heavy atom. The summed E-state index contributed by atoms with van der Waals surface area (Å²) in [6, 6.07) is 12.4. The molecule has 2 aromatic rings. The van der Waals surface area contributed by atoms with Crippen molar-refractivity contribution in [3.8, 4) is 23.0 Å². The molecular formula is C15H16O4. The highest BCUT2D eigenvalue weighted by Crippen LogP contribution is 2.25. The van der Waals surface area contributed by atoms with Crippen molar-refractivity contribution in [3.63, 3.8) is 0 Å². The van der Waals surface area contributed by atoms with Gasteiger partial charge in [0.05, 0.1) is 14.2 Å². The number of aromatic hydroxyl groups is 1. The van der Waals surface area contributed by atoms with Gasteiger partial charge in [-0.15, -0.1) is 0 Å². The monoisotopic (exact) mass is 260 g/mol. The predicted molar refractivity (Wildman–Crippen MR) is 72.0 cm³/mol. The minimum Gasteiger partial charge on any atom is -0.507 e. The molecular weight excluding hydrogens is 244 g/mol. The van der Waals surface area contributed by atoms with Crippen molar-refractivity contribution in [2.24, 2.45) is 0 Å². The highest BCUT2D eigenvalue weighted by molar-refractivity contribution is 5.40. The van der Waals surface area contributed by atoms with E-state index in [1.54, 1.807) is 38.5 Å². The van der Waals surface area contributed by atoms with Gasteiger partial charge >= 0.3 is 0 Å². The van der Waals surface area contributed by atoms with E-state index in [0.29, 0.717) is 17.1 Å². The minimum absolute atomic E-state index is 0.155. The second kappa shape index (κ2) is 6.00. The number of hydrogen-bond acceptors (Lipinski definition) is 4. The molecule has 0 fully saturated rings. The first kappa shape index (κ1) is 13.1. The number of ether oxygens (including phenoxy) is 3. The van der Waals surface area contributed by atoms with Gasteiger partial charge in [-0.3, -0.25) is 0 Å². The molecule has 19 heavy (non-hydrogen) atoms. The maximum absolute atomic E-state index is 9.82. The minimum atomic E-state index is 0.155. The number of phenolic OH excluding ortho intramolecular Hbond substituents is 1. The van der Waals surface area contributed by atoms with Gasteiger partial charge in [0.25, 0.3) is 0 Å². The molecule has 0 aliphatic carbocycles. The lowest BCUT2D eigenvalue weighted by Gasteiger charge is -2.10. The van der Waals surface area contributed by atoms with Crippen LogP contribution in [0.25, 0.3) is 0 Å². The van der Waals surface area contributed by atoms with Crippen LogP contribution in [0.1, 0.15) is 5.56 Å². The second-order valence-electron chi connectivity index (χ2n) is 3.96. The summed E-state index contributed by atoms with van der Waals surface area (Å²) in [6.45, 7) is 0.281. The maximum Gasteiger partial charge on any atom is 0.125 e. The fraction of sp³-hybridized carbons (Fsp3) is 0.200. The van der Waals surface area contributed by atoms with Crippen molar-refractivity contribution in [1.29, 1.82) is 0 Å². The first-order valence-electron chi connectivity index (χ1n) is 5.85. The first-order valence-corrected chi connectivity index (χ1v) is 5.85. The third-order valence-electron chi connectivity index (χ3n) is 2.73. The van der Waals surface area contributed by atoms with E-state index in [9.17, 15) is 5.11 Å². The smallest absolute Gasteiger partial charge is 0.125 e. The van der Waals surface area contributed by atoms with Gasteiger partial charge in [0.15, 0.2) is 0 Å². The normalized spacial score (nSPS) is 10.0. The number of rotatable bonds is 5. The Balaban J connectivity index is 2.05. The van der Waals surface area contributed by atoms with Crippen LogP contribution in [0, 0.1) is 0 Å². The lowest BCUT2D eigenvalue weighted by atomic mass is 10.2. The van der Waals surface area contributed by atoms with Crippen molar-refractivity contribution in [3.05, 3.63) is 48.0 Å². The molecule has 0 bridgehead atoms. The molecule has 0 aromatic heterocycles. The Labute approximate surface area is 112 Å². The van der Waals surface area contributed by atoms with Gasteiger partial charge in [0, 0.05) is 17.7 Å². The number of benzene rings is 2. The molecule has 0 amide bonds. The van der Waals surface area contributed by atoms with Crippen molar-refractivity contribution in [2.45, 2.75) is 6.61 Å². The van der Waals surface area contributed by atoms with Gasteiger partial charge in [-0.05, 0) is 24.3 Å². The molecule has 0 spiro atoms. The van der Waals surface area contributed by atoms with Gasteiger partial charge < -0.3 is 19.3 Å². The standard InChI is InChI=1S/C15H16O4/c1-17-12-4-3-5-14(8-12)19-10-11-6-7-13(18-2)9-15(11)16/h3-9,16H,10H2,1-2H3. The van der Waals surface area contributed by atoms with Crippen LogP contribution in [0.15, 0.2) is 42.5 Å². The summed E-state index contributed by atoms with van der Waals surface area (Å²) < 4.78 is 15.7.